The molecular weight excluding hydrogens is 468 g/mol. The molecule has 11 heteroatoms. The highest BCUT2D eigenvalue weighted by molar-refractivity contribution is 5.93. The molecule has 4 aromatic rings. The number of carbonyl (C=O) groups is 1. The van der Waals surface area contributed by atoms with Gasteiger partial charge in [0.15, 0.2) is 11.6 Å². The Hall–Kier alpha value is -4.25. The van der Waals surface area contributed by atoms with E-state index in [0.29, 0.717) is 11.6 Å². The summed E-state index contributed by atoms with van der Waals surface area (Å²) in [5.74, 6) is -1.84. The maximum absolute atomic E-state index is 13.5. The lowest BCUT2D eigenvalue weighted by molar-refractivity contribution is 0.0948. The van der Waals surface area contributed by atoms with Crippen LogP contribution in [0.2, 0.25) is 0 Å². The number of anilines is 1. The number of nitrogens with one attached hydrogen (secondary N) is 2. The SMILES string of the molecule is CN1CC(Nc2ncnc3ccc(CNC(=O)c4cncn(Cc5ccc(F)c(F)c5)c4=O)cc23)C1. The summed E-state index contributed by atoms with van der Waals surface area (Å²) in [7, 11) is 2.05. The number of hydrogen-bond donors (Lipinski definition) is 2. The fourth-order valence-electron chi connectivity index (χ4n) is 4.14. The van der Waals surface area contributed by atoms with Gasteiger partial charge in [0.05, 0.1) is 24.4 Å². The van der Waals surface area contributed by atoms with Gasteiger partial charge in [-0.25, -0.2) is 23.7 Å². The molecule has 1 aliphatic heterocycles. The number of hydrogen-bond acceptors (Lipinski definition) is 7. The first-order valence-corrected chi connectivity index (χ1v) is 11.3. The van der Waals surface area contributed by atoms with Crippen LogP contribution in [-0.2, 0) is 13.1 Å². The van der Waals surface area contributed by atoms with Gasteiger partial charge in [-0.15, -0.1) is 0 Å². The monoisotopic (exact) mass is 491 g/mol. The molecule has 9 nitrogen and oxygen atoms in total. The van der Waals surface area contributed by atoms with Crippen LogP contribution < -0.4 is 16.2 Å². The number of aromatic nitrogens is 4. The number of benzene rings is 2. The second-order valence-corrected chi connectivity index (χ2v) is 8.81. The number of fused-ring (bicyclic) bond motifs is 1. The smallest absolute Gasteiger partial charge is 0.266 e. The average Bonchev–Trinajstić information content (AvgIpc) is 2.85. The first-order valence-electron chi connectivity index (χ1n) is 11.3. The minimum Gasteiger partial charge on any atom is -0.364 e. The van der Waals surface area contributed by atoms with Crippen molar-refractivity contribution in [2.24, 2.45) is 0 Å². The summed E-state index contributed by atoms with van der Waals surface area (Å²) in [5.41, 5.74) is 1.22. The Kier molecular flexibility index (Phi) is 6.38. The van der Waals surface area contributed by atoms with Gasteiger partial charge in [0.1, 0.15) is 17.7 Å². The Morgan fingerprint density at radius 3 is 2.67 bits per heavy atom. The van der Waals surface area contributed by atoms with E-state index in [9.17, 15) is 18.4 Å². The number of carbonyl (C=O) groups excluding carboxylic acids is 1. The first-order chi connectivity index (χ1) is 17.4. The third-order valence-corrected chi connectivity index (χ3v) is 6.04. The third-order valence-electron chi connectivity index (χ3n) is 6.04. The molecule has 0 radical (unpaired) electrons. The topological polar surface area (TPSA) is 105 Å². The van der Waals surface area contributed by atoms with Crippen LogP contribution >= 0.6 is 0 Å². The fraction of sp³-hybridized carbons (Fsp3) is 0.240. The molecule has 0 bridgehead atoms. The van der Waals surface area contributed by atoms with Crippen molar-refractivity contribution in [2.45, 2.75) is 19.1 Å². The van der Waals surface area contributed by atoms with E-state index in [2.05, 4.69) is 37.5 Å². The minimum atomic E-state index is -1.01. The summed E-state index contributed by atoms with van der Waals surface area (Å²) in [6.07, 6.45) is 3.95. The van der Waals surface area contributed by atoms with Crippen LogP contribution in [0.5, 0.6) is 0 Å². The van der Waals surface area contributed by atoms with Gasteiger partial charge in [0.25, 0.3) is 11.5 Å². The zero-order valence-corrected chi connectivity index (χ0v) is 19.4. The van der Waals surface area contributed by atoms with Crippen LogP contribution in [0.3, 0.4) is 0 Å². The first kappa shape index (κ1) is 23.5. The number of likely N-dealkylation sites (N-methyl/N-ethyl adjacent to an activating group) is 1. The van der Waals surface area contributed by atoms with E-state index < -0.39 is 23.1 Å². The maximum Gasteiger partial charge on any atom is 0.266 e. The van der Waals surface area contributed by atoms with Crippen molar-refractivity contribution in [1.29, 1.82) is 0 Å². The van der Waals surface area contributed by atoms with Gasteiger partial charge in [0.2, 0.25) is 0 Å². The normalized spacial score (nSPS) is 14.0. The number of amides is 1. The summed E-state index contributed by atoms with van der Waals surface area (Å²) < 4.78 is 27.9. The summed E-state index contributed by atoms with van der Waals surface area (Å²) in [6, 6.07) is 9.29. The van der Waals surface area contributed by atoms with E-state index in [1.54, 1.807) is 0 Å². The second-order valence-electron chi connectivity index (χ2n) is 8.81. The van der Waals surface area contributed by atoms with Crippen LogP contribution in [0.4, 0.5) is 14.6 Å². The molecule has 0 spiro atoms. The van der Waals surface area contributed by atoms with Gasteiger partial charge < -0.3 is 15.5 Å². The highest BCUT2D eigenvalue weighted by Crippen LogP contribution is 2.23. The largest absolute Gasteiger partial charge is 0.364 e. The predicted octanol–water partition coefficient (Wildman–Crippen LogP) is 2.17. The molecule has 1 saturated heterocycles. The molecule has 2 N–H and O–H groups in total. The van der Waals surface area contributed by atoms with E-state index in [1.165, 1.54) is 29.5 Å². The molecule has 1 amide bonds. The Morgan fingerprint density at radius 2 is 1.89 bits per heavy atom. The zero-order chi connectivity index (χ0) is 25.2. The van der Waals surface area contributed by atoms with Crippen LogP contribution in [0.25, 0.3) is 10.9 Å². The third kappa shape index (κ3) is 4.91. The average molecular weight is 492 g/mol. The van der Waals surface area contributed by atoms with Gasteiger partial charge >= 0.3 is 0 Å². The van der Waals surface area contributed by atoms with Gasteiger partial charge in [-0.1, -0.05) is 12.1 Å². The van der Waals surface area contributed by atoms with Gasteiger partial charge in [0, 0.05) is 31.2 Å². The van der Waals surface area contributed by atoms with Crippen LogP contribution in [-0.4, -0.2) is 56.5 Å². The highest BCUT2D eigenvalue weighted by Gasteiger charge is 2.23. The molecule has 0 unspecified atom stereocenters. The van der Waals surface area contributed by atoms with Crippen molar-refractivity contribution < 1.29 is 13.6 Å². The van der Waals surface area contributed by atoms with Gasteiger partial charge in [-0.2, -0.15) is 0 Å². The molecule has 184 valence electrons. The maximum atomic E-state index is 13.5. The van der Waals surface area contributed by atoms with E-state index in [-0.39, 0.29) is 18.7 Å². The van der Waals surface area contributed by atoms with Crippen LogP contribution in [0.1, 0.15) is 21.5 Å². The molecule has 1 fully saturated rings. The highest BCUT2D eigenvalue weighted by atomic mass is 19.2. The molecule has 0 aliphatic carbocycles. The van der Waals surface area contributed by atoms with Crippen LogP contribution in [0, 0.1) is 11.6 Å². The molecule has 1 aliphatic rings. The Balaban J connectivity index is 1.30. The fourth-order valence-corrected chi connectivity index (χ4v) is 4.14. The number of rotatable bonds is 7. The summed E-state index contributed by atoms with van der Waals surface area (Å²) >= 11 is 0. The standard InChI is InChI=1S/C25H23F2N7O2/c1-33-11-17(12-33)32-23-18-6-15(3-5-22(18)30-13-31-23)8-29-24(35)19-9-28-14-34(25(19)36)10-16-2-4-20(26)21(27)7-16/h2-7,9,13-14,17H,8,10-12H2,1H3,(H,29,35)(H,30,31,32). The number of nitrogens with zero attached hydrogens (tertiary/aromatic N) is 5. The summed E-state index contributed by atoms with van der Waals surface area (Å²) in [5, 5.41) is 7.02. The van der Waals surface area contributed by atoms with E-state index in [4.69, 9.17) is 0 Å². The second kappa shape index (κ2) is 9.78. The quantitative estimate of drug-likeness (QED) is 0.408. The molecule has 0 atom stereocenters. The zero-order valence-electron chi connectivity index (χ0n) is 19.4. The van der Waals surface area contributed by atoms with Crippen molar-refractivity contribution >= 4 is 22.6 Å². The minimum absolute atomic E-state index is 0.0542. The van der Waals surface area contributed by atoms with Crippen LogP contribution in [0.15, 0.2) is 60.0 Å². The Labute approximate surface area is 204 Å². The van der Waals surface area contributed by atoms with Crippen molar-refractivity contribution in [1.82, 2.24) is 29.7 Å². The van der Waals surface area contributed by atoms with E-state index in [0.717, 1.165) is 47.5 Å². The Bertz CT molecular complexity index is 1500. The van der Waals surface area contributed by atoms with Gasteiger partial charge in [-0.3, -0.25) is 14.2 Å². The molecule has 2 aromatic carbocycles. The van der Waals surface area contributed by atoms with Crippen molar-refractivity contribution in [3.63, 3.8) is 0 Å². The molecule has 2 aromatic heterocycles. The molecule has 5 rings (SSSR count). The van der Waals surface area contributed by atoms with Crippen molar-refractivity contribution in [3.8, 4) is 0 Å². The van der Waals surface area contributed by atoms with Gasteiger partial charge in [-0.05, 0) is 42.4 Å². The lowest BCUT2D eigenvalue weighted by Crippen LogP contribution is -2.52. The lowest BCUT2D eigenvalue weighted by atomic mass is 10.1. The number of halogens is 2. The van der Waals surface area contributed by atoms with Crippen molar-refractivity contribution in [3.05, 3.63) is 93.9 Å². The lowest BCUT2D eigenvalue weighted by Gasteiger charge is -2.37. The summed E-state index contributed by atoms with van der Waals surface area (Å²) in [4.78, 5) is 40.5. The molecule has 3 heterocycles. The van der Waals surface area contributed by atoms with E-state index in [1.807, 2.05) is 18.2 Å². The molecular formula is C25H23F2N7O2. The number of likely N-dealkylation sites (tertiary alicyclic amines) is 1. The van der Waals surface area contributed by atoms with Crippen molar-refractivity contribution in [2.75, 3.05) is 25.5 Å². The molecule has 0 saturated carbocycles. The van der Waals surface area contributed by atoms with E-state index >= 15 is 0 Å². The molecule has 36 heavy (non-hydrogen) atoms. The Morgan fingerprint density at radius 1 is 1.08 bits per heavy atom. The summed E-state index contributed by atoms with van der Waals surface area (Å²) in [6.45, 7) is 1.98. The predicted molar refractivity (Wildman–Crippen MR) is 130 cm³/mol.